The Hall–Kier alpha value is -3.39. The number of aliphatic imine (C=N–C) groups is 1. The average Bonchev–Trinajstić information content (AvgIpc) is 2.68. The van der Waals surface area contributed by atoms with Gasteiger partial charge in [0.15, 0.2) is 0 Å². The zero-order valence-electron chi connectivity index (χ0n) is 15.5. The molecule has 0 N–H and O–H groups in total. The maximum Gasteiger partial charge on any atom is 0.416 e. The Bertz CT molecular complexity index is 1130. The van der Waals surface area contributed by atoms with Crippen LogP contribution in [0, 0.1) is 17.0 Å². The number of nitrogens with zero attached hydrogens (tertiary/aromatic N) is 2. The van der Waals surface area contributed by atoms with E-state index in [1.807, 2.05) is 25.1 Å². The lowest BCUT2D eigenvalue weighted by Gasteiger charge is -2.12. The monoisotopic (exact) mass is 434 g/mol. The number of benzene rings is 3. The molecule has 0 saturated heterocycles. The third kappa shape index (κ3) is 4.96. The van der Waals surface area contributed by atoms with Crippen LogP contribution in [-0.4, -0.2) is 11.1 Å². The van der Waals surface area contributed by atoms with E-state index >= 15 is 0 Å². The predicted molar refractivity (Wildman–Crippen MR) is 108 cm³/mol. The van der Waals surface area contributed by atoms with Gasteiger partial charge in [-0.15, -0.1) is 0 Å². The van der Waals surface area contributed by atoms with Crippen LogP contribution in [0.5, 0.6) is 11.5 Å². The van der Waals surface area contributed by atoms with Gasteiger partial charge in [0.2, 0.25) is 5.75 Å². The van der Waals surface area contributed by atoms with E-state index in [0.29, 0.717) is 22.3 Å². The Morgan fingerprint density at radius 1 is 1.07 bits per heavy atom. The highest BCUT2D eigenvalue weighted by molar-refractivity contribution is 6.30. The van der Waals surface area contributed by atoms with E-state index in [2.05, 4.69) is 4.99 Å². The minimum Gasteiger partial charge on any atom is -0.449 e. The van der Waals surface area contributed by atoms with Crippen molar-refractivity contribution in [3.8, 4) is 11.5 Å². The minimum absolute atomic E-state index is 0.152. The second-order valence-electron chi connectivity index (χ2n) is 6.27. The van der Waals surface area contributed by atoms with Crippen LogP contribution < -0.4 is 4.74 Å². The fourth-order valence-corrected chi connectivity index (χ4v) is 2.78. The first-order valence-corrected chi connectivity index (χ1v) is 8.95. The average molecular weight is 435 g/mol. The molecule has 3 aromatic carbocycles. The summed E-state index contributed by atoms with van der Waals surface area (Å²) < 4.78 is 44.3. The second-order valence-corrected chi connectivity index (χ2v) is 6.70. The van der Waals surface area contributed by atoms with Gasteiger partial charge in [-0.1, -0.05) is 29.8 Å². The molecule has 0 fully saturated rings. The van der Waals surface area contributed by atoms with Gasteiger partial charge in [-0.3, -0.25) is 15.1 Å². The van der Waals surface area contributed by atoms with Crippen LogP contribution in [0.2, 0.25) is 5.02 Å². The summed E-state index contributed by atoms with van der Waals surface area (Å²) >= 11 is 6.04. The van der Waals surface area contributed by atoms with E-state index in [-0.39, 0.29) is 11.5 Å². The minimum atomic E-state index is -4.71. The number of aryl methyl sites for hydroxylation is 1. The molecule has 0 spiro atoms. The topological polar surface area (TPSA) is 64.7 Å². The molecule has 0 unspecified atom stereocenters. The van der Waals surface area contributed by atoms with Gasteiger partial charge in [0, 0.05) is 22.9 Å². The summed E-state index contributed by atoms with van der Waals surface area (Å²) in [7, 11) is 0. The first-order valence-electron chi connectivity index (χ1n) is 8.58. The molecule has 0 saturated carbocycles. The van der Waals surface area contributed by atoms with E-state index < -0.39 is 22.4 Å². The molecule has 0 amide bonds. The highest BCUT2D eigenvalue weighted by atomic mass is 35.5. The van der Waals surface area contributed by atoms with E-state index in [0.717, 1.165) is 17.7 Å². The first-order chi connectivity index (χ1) is 14.1. The quantitative estimate of drug-likeness (QED) is 0.244. The van der Waals surface area contributed by atoms with E-state index in [1.54, 1.807) is 6.07 Å². The van der Waals surface area contributed by atoms with Crippen LogP contribution in [-0.2, 0) is 6.18 Å². The highest BCUT2D eigenvalue weighted by Crippen LogP contribution is 2.38. The standard InChI is InChI=1S/C21H14ClF3N2O3/c1-13-4-2-3-5-17(13)26-12-14-10-16(22)7-9-19(14)30-20-8-6-15(21(23,24)25)11-18(20)27(28)29/h2-12H,1H3. The molecule has 5 nitrogen and oxygen atoms in total. The fourth-order valence-electron chi connectivity index (χ4n) is 2.60. The van der Waals surface area contributed by atoms with Crippen molar-refractivity contribution in [3.05, 3.63) is 92.5 Å². The second kappa shape index (κ2) is 8.54. The van der Waals surface area contributed by atoms with Gasteiger partial charge in [0.1, 0.15) is 5.75 Å². The third-order valence-corrected chi connectivity index (χ3v) is 4.37. The Kier molecular flexibility index (Phi) is 6.07. The molecular weight excluding hydrogens is 421 g/mol. The van der Waals surface area contributed by atoms with Gasteiger partial charge in [-0.25, -0.2) is 0 Å². The number of nitro benzene ring substituents is 1. The Morgan fingerprint density at radius 3 is 2.43 bits per heavy atom. The van der Waals surface area contributed by atoms with Crippen LogP contribution in [0.3, 0.4) is 0 Å². The molecule has 0 aliphatic rings. The smallest absolute Gasteiger partial charge is 0.416 e. The van der Waals surface area contributed by atoms with Crippen LogP contribution in [0.25, 0.3) is 0 Å². The molecule has 154 valence electrons. The lowest BCUT2D eigenvalue weighted by atomic mass is 10.1. The van der Waals surface area contributed by atoms with Gasteiger partial charge in [-0.05, 0) is 48.9 Å². The number of rotatable bonds is 5. The number of nitro groups is 1. The maximum atomic E-state index is 12.9. The molecule has 0 aliphatic heterocycles. The van der Waals surface area contributed by atoms with Crippen LogP contribution >= 0.6 is 11.6 Å². The zero-order chi connectivity index (χ0) is 21.9. The van der Waals surface area contributed by atoms with Crippen LogP contribution in [0.15, 0.2) is 65.7 Å². The summed E-state index contributed by atoms with van der Waals surface area (Å²) in [5.74, 6) is -0.180. The number of para-hydroxylation sites is 1. The molecule has 0 aliphatic carbocycles. The molecule has 0 radical (unpaired) electrons. The predicted octanol–water partition coefficient (Wildman–Crippen LogP) is 7.12. The number of ether oxygens (including phenoxy) is 1. The van der Waals surface area contributed by atoms with E-state index in [4.69, 9.17) is 16.3 Å². The van der Waals surface area contributed by atoms with Crippen molar-refractivity contribution >= 4 is 29.2 Å². The fraction of sp³-hybridized carbons (Fsp3) is 0.0952. The molecule has 3 rings (SSSR count). The summed E-state index contributed by atoms with van der Waals surface area (Å²) in [6.45, 7) is 1.88. The summed E-state index contributed by atoms with van der Waals surface area (Å²) in [5.41, 5.74) is 0.0843. The summed E-state index contributed by atoms with van der Waals surface area (Å²) in [4.78, 5) is 14.7. The molecule has 0 aromatic heterocycles. The molecule has 0 atom stereocenters. The molecular formula is C21H14ClF3N2O3. The normalized spacial score (nSPS) is 11.6. The zero-order valence-corrected chi connectivity index (χ0v) is 16.2. The number of alkyl halides is 3. The summed E-state index contributed by atoms with van der Waals surface area (Å²) in [6.07, 6.45) is -3.24. The van der Waals surface area contributed by atoms with Crippen molar-refractivity contribution < 1.29 is 22.8 Å². The summed E-state index contributed by atoms with van der Waals surface area (Å²) in [5, 5.41) is 11.7. The van der Waals surface area contributed by atoms with Gasteiger partial charge in [-0.2, -0.15) is 13.2 Å². The van der Waals surface area contributed by atoms with E-state index in [1.165, 1.54) is 24.4 Å². The Morgan fingerprint density at radius 2 is 1.77 bits per heavy atom. The van der Waals surface area contributed by atoms with Crippen molar-refractivity contribution in [2.75, 3.05) is 0 Å². The van der Waals surface area contributed by atoms with Crippen molar-refractivity contribution in [1.82, 2.24) is 0 Å². The molecule has 9 heteroatoms. The molecule has 30 heavy (non-hydrogen) atoms. The van der Waals surface area contributed by atoms with Crippen molar-refractivity contribution in [3.63, 3.8) is 0 Å². The lowest BCUT2D eigenvalue weighted by molar-refractivity contribution is -0.385. The first kappa shape index (κ1) is 21.3. The van der Waals surface area contributed by atoms with Gasteiger partial charge >= 0.3 is 11.9 Å². The highest BCUT2D eigenvalue weighted by Gasteiger charge is 2.33. The number of hydrogen-bond acceptors (Lipinski definition) is 4. The lowest BCUT2D eigenvalue weighted by Crippen LogP contribution is -2.06. The summed E-state index contributed by atoms with van der Waals surface area (Å²) in [6, 6.07) is 13.9. The Balaban J connectivity index is 2.00. The Labute approximate surface area is 174 Å². The SMILES string of the molecule is Cc1ccccc1N=Cc1cc(Cl)ccc1Oc1ccc(C(F)(F)F)cc1[N+](=O)[O-]. The number of halogens is 4. The number of hydrogen-bond donors (Lipinski definition) is 0. The van der Waals surface area contributed by atoms with Crippen molar-refractivity contribution in [2.24, 2.45) is 4.99 Å². The van der Waals surface area contributed by atoms with Gasteiger partial charge in [0.05, 0.1) is 16.2 Å². The van der Waals surface area contributed by atoms with E-state index in [9.17, 15) is 23.3 Å². The van der Waals surface area contributed by atoms with Crippen LogP contribution in [0.1, 0.15) is 16.7 Å². The van der Waals surface area contributed by atoms with Crippen molar-refractivity contribution in [2.45, 2.75) is 13.1 Å². The third-order valence-electron chi connectivity index (χ3n) is 4.13. The van der Waals surface area contributed by atoms with Crippen LogP contribution in [0.4, 0.5) is 24.5 Å². The van der Waals surface area contributed by atoms with Gasteiger partial charge < -0.3 is 4.74 Å². The molecule has 0 bridgehead atoms. The largest absolute Gasteiger partial charge is 0.449 e. The van der Waals surface area contributed by atoms with Gasteiger partial charge in [0.25, 0.3) is 0 Å². The molecule has 0 heterocycles. The maximum absolute atomic E-state index is 12.9. The van der Waals surface area contributed by atoms with Crippen molar-refractivity contribution in [1.29, 1.82) is 0 Å². The molecule has 3 aromatic rings.